The fraction of sp³-hybridized carbons (Fsp3) is 0.308. The van der Waals surface area contributed by atoms with Crippen molar-refractivity contribution < 1.29 is 77.2 Å². The first kappa shape index (κ1) is 54.5. The zero-order valence-corrected chi connectivity index (χ0v) is 44.2. The Hall–Kier alpha value is -1.47. The van der Waals surface area contributed by atoms with Gasteiger partial charge in [0, 0.05) is 0 Å². The normalized spacial score (nSPS) is 10.4. The molecule has 0 nitrogen and oxygen atoms in total. The smallest absolute Gasteiger partial charge is 1.00 e. The molecule has 8 aromatic rings. The number of aryl methyl sites for hydroxylation is 4. The molecule has 0 heterocycles. The van der Waals surface area contributed by atoms with Gasteiger partial charge in [0.1, 0.15) is 0 Å². The zero-order chi connectivity index (χ0) is 38.5. The van der Waals surface area contributed by atoms with Crippen LogP contribution in [0.15, 0.2) is 133 Å². The number of rotatable bonds is 10. The third kappa shape index (κ3) is 14.9. The predicted octanol–water partition coefficient (Wildman–Crippen LogP) is 9.33. The molecule has 304 valence electrons. The molecule has 8 aromatic carbocycles. The Bertz CT molecular complexity index is 2010. The van der Waals surface area contributed by atoms with E-state index in [1.165, 1.54) is 116 Å². The molecule has 0 unspecified atom stereocenters. The summed E-state index contributed by atoms with van der Waals surface area (Å²) in [4.78, 5) is 0. The van der Waals surface area contributed by atoms with Crippen molar-refractivity contribution in [1.29, 1.82) is 0 Å². The molecule has 58 heavy (non-hydrogen) atoms. The summed E-state index contributed by atoms with van der Waals surface area (Å²) in [5.74, 6) is 0. The maximum atomic E-state index is 2.41. The van der Waals surface area contributed by atoms with Crippen molar-refractivity contribution in [1.82, 2.24) is 0 Å². The predicted molar refractivity (Wildman–Crippen MR) is 251 cm³/mol. The summed E-state index contributed by atoms with van der Waals surface area (Å²) in [6.45, 7) is 17.8. The van der Waals surface area contributed by atoms with Crippen molar-refractivity contribution >= 4 is 69.5 Å². The molecule has 6 heteroatoms. The Labute approximate surface area is 404 Å². The Morgan fingerprint density at radius 1 is 0.431 bits per heavy atom. The molecule has 0 saturated heterocycles. The largest absolute Gasteiger partial charge is 2.00 e. The monoisotopic (exact) mass is 998 g/mol. The second-order valence-corrected chi connectivity index (χ2v) is 19.7. The minimum atomic E-state index is 0. The topological polar surface area (TPSA) is 0 Å². The second-order valence-electron chi connectivity index (χ2n) is 14.8. The van der Waals surface area contributed by atoms with Crippen LogP contribution in [0.1, 0.15) is 75.6 Å². The Morgan fingerprint density at radius 2 is 0.759 bits per heavy atom. The molecule has 0 N–H and O–H groups in total. The minimum Gasteiger partial charge on any atom is -1.00 e. The molecule has 0 aliphatic rings. The molecular weight excluding hydrogens is 940 g/mol. The van der Waals surface area contributed by atoms with Crippen LogP contribution in [0.5, 0.6) is 0 Å². The molecule has 0 spiro atoms. The first-order valence-electron chi connectivity index (χ1n) is 20.3. The average Bonchev–Trinajstić information content (AvgIpc) is 4.01. The van der Waals surface area contributed by atoms with Crippen LogP contribution in [-0.4, -0.2) is 24.6 Å². The van der Waals surface area contributed by atoms with Crippen molar-refractivity contribution in [2.75, 3.05) is 24.6 Å². The van der Waals surface area contributed by atoms with Crippen molar-refractivity contribution in [3.8, 4) is 0 Å². The van der Waals surface area contributed by atoms with Gasteiger partial charge in [-0.2, -0.15) is 36.4 Å². The molecule has 0 radical (unpaired) electrons. The summed E-state index contributed by atoms with van der Waals surface area (Å²) >= 11 is 0. The van der Waals surface area contributed by atoms with Crippen LogP contribution in [0, 0.1) is 27.7 Å². The molecule has 0 aromatic heterocycles. The van der Waals surface area contributed by atoms with Crippen molar-refractivity contribution in [2.24, 2.45) is 0 Å². The van der Waals surface area contributed by atoms with E-state index >= 15 is 0 Å². The van der Waals surface area contributed by atoms with E-state index in [0.717, 1.165) is 0 Å². The molecule has 0 fully saturated rings. The SMILES string of the molecule is CCCP(CCC)c1cc2ccccc2[cH-]1.CCCP(CCC)c1cc2ccccc2[cH-]1.Cc1ccc(C)c2[cH-]ccc12.Cc1ccc(C)c2[cH-]ccc12.[Cl-].[Cl-].[Zr+2].[Zr+2]. The number of halogens is 2. The van der Waals surface area contributed by atoms with E-state index in [0.29, 0.717) is 0 Å². The molecular formula is C52H62Cl2P2Zr2-2. The fourth-order valence-corrected chi connectivity index (χ4v) is 12.5. The number of fused-ring (bicyclic) bond motifs is 4. The summed E-state index contributed by atoms with van der Waals surface area (Å²) in [6, 6.07) is 48.7. The van der Waals surface area contributed by atoms with Gasteiger partial charge in [-0.05, 0) is 38.5 Å². The van der Waals surface area contributed by atoms with Crippen molar-refractivity contribution in [3.63, 3.8) is 0 Å². The Balaban J connectivity index is 0.000000383. The van der Waals surface area contributed by atoms with Crippen molar-refractivity contribution in [2.45, 2.75) is 81.1 Å². The fourth-order valence-electron chi connectivity index (χ4n) is 7.53. The van der Waals surface area contributed by atoms with E-state index in [4.69, 9.17) is 0 Å². The van der Waals surface area contributed by atoms with Crippen LogP contribution in [0.4, 0.5) is 0 Å². The van der Waals surface area contributed by atoms with E-state index in [1.54, 1.807) is 10.6 Å². The summed E-state index contributed by atoms with van der Waals surface area (Å²) in [7, 11) is 0.194. The van der Waals surface area contributed by atoms with E-state index in [2.05, 4.69) is 189 Å². The molecule has 0 aliphatic carbocycles. The van der Waals surface area contributed by atoms with Crippen LogP contribution in [-0.2, 0) is 52.4 Å². The maximum absolute atomic E-state index is 2.41. The number of benzene rings is 4. The van der Waals surface area contributed by atoms with Gasteiger partial charge in [-0.15, -0.1) is 138 Å². The standard InChI is InChI=1S/2C15H20P.2C11H11.2ClH.2Zr/c2*1-3-9-16(10-4-2)15-11-13-7-5-6-8-14(13)12-15;2*1-8-6-7-9(2)11-5-3-4-10(8)11;;;;/h2*5-8,11-12H,3-4,9-10H2,1-2H3;2*3-7H,1-2H3;2*1H;;/q4*-1;;;2*+2/p-2. The average molecular weight is 1000 g/mol. The molecule has 8 rings (SSSR count). The Morgan fingerprint density at radius 3 is 1.07 bits per heavy atom. The van der Waals surface area contributed by atoms with Crippen LogP contribution in [0.3, 0.4) is 0 Å². The summed E-state index contributed by atoms with van der Waals surface area (Å²) in [5, 5.41) is 14.5. The number of hydrogen-bond donors (Lipinski definition) is 0. The third-order valence-corrected chi connectivity index (χ3v) is 16.3. The first-order valence-corrected chi connectivity index (χ1v) is 23.7. The van der Waals surface area contributed by atoms with Gasteiger partial charge in [0.05, 0.1) is 0 Å². The number of hydrogen-bond acceptors (Lipinski definition) is 0. The quantitative estimate of drug-likeness (QED) is 0.0948. The second kappa shape index (κ2) is 28.2. The van der Waals surface area contributed by atoms with Gasteiger partial charge >= 0.3 is 52.4 Å². The minimum absolute atomic E-state index is 0. The van der Waals surface area contributed by atoms with Crippen LogP contribution >= 0.6 is 15.8 Å². The van der Waals surface area contributed by atoms with Crippen LogP contribution in [0.25, 0.3) is 43.1 Å². The zero-order valence-electron chi connectivity index (χ0n) is 36.0. The molecule has 0 saturated carbocycles. The van der Waals surface area contributed by atoms with Crippen LogP contribution < -0.4 is 35.4 Å². The summed E-state index contributed by atoms with van der Waals surface area (Å²) < 4.78 is 0. The molecule has 0 atom stereocenters. The van der Waals surface area contributed by atoms with Gasteiger partial charge in [-0.3, -0.25) is 0 Å². The molecule has 0 aliphatic heterocycles. The summed E-state index contributed by atoms with van der Waals surface area (Å²) in [6.07, 6.45) is 10.8. The molecule has 0 bridgehead atoms. The van der Waals surface area contributed by atoms with E-state index in [-0.39, 0.29) is 93.1 Å². The van der Waals surface area contributed by atoms with Crippen LogP contribution in [0.2, 0.25) is 0 Å². The Kier molecular flexibility index (Phi) is 26.5. The van der Waals surface area contributed by atoms with Gasteiger partial charge in [0.15, 0.2) is 0 Å². The van der Waals surface area contributed by atoms with Gasteiger partial charge in [-0.1, -0.05) is 118 Å². The molecule has 0 amide bonds. The van der Waals surface area contributed by atoms with E-state index in [9.17, 15) is 0 Å². The van der Waals surface area contributed by atoms with Gasteiger partial charge in [0.25, 0.3) is 0 Å². The maximum Gasteiger partial charge on any atom is 2.00 e. The first-order chi connectivity index (χ1) is 26.3. The van der Waals surface area contributed by atoms with E-state index < -0.39 is 0 Å². The van der Waals surface area contributed by atoms with Crippen molar-refractivity contribution in [3.05, 3.63) is 156 Å². The summed E-state index contributed by atoms with van der Waals surface area (Å²) in [5.41, 5.74) is 5.48. The van der Waals surface area contributed by atoms with Gasteiger partial charge < -0.3 is 24.8 Å². The van der Waals surface area contributed by atoms with E-state index in [1.807, 2.05) is 0 Å². The third-order valence-electron chi connectivity index (χ3n) is 10.4. The van der Waals surface area contributed by atoms with Gasteiger partial charge in [-0.25, -0.2) is 0 Å². The van der Waals surface area contributed by atoms with Gasteiger partial charge in [0.2, 0.25) is 0 Å².